The van der Waals surface area contributed by atoms with Crippen LogP contribution < -0.4 is 5.32 Å². The number of halogens is 2. The van der Waals surface area contributed by atoms with Gasteiger partial charge in [-0.25, -0.2) is 0 Å². The van der Waals surface area contributed by atoms with Gasteiger partial charge in [-0.1, -0.05) is 23.7 Å². The number of benzene rings is 2. The van der Waals surface area contributed by atoms with E-state index in [0.717, 1.165) is 22.5 Å². The molecule has 0 radical (unpaired) electrons. The Morgan fingerprint density at radius 3 is 2.57 bits per heavy atom. The van der Waals surface area contributed by atoms with Gasteiger partial charge in [0.2, 0.25) is 0 Å². The predicted molar refractivity (Wildman–Crippen MR) is 94.1 cm³/mol. The Bertz CT molecular complexity index is 760. The summed E-state index contributed by atoms with van der Waals surface area (Å²) in [5.74, 6) is 0.886. The van der Waals surface area contributed by atoms with Crippen LogP contribution >= 0.6 is 24.0 Å². The quantitative estimate of drug-likeness (QED) is 0.661. The first-order valence-corrected chi connectivity index (χ1v) is 7.24. The molecule has 5 nitrogen and oxygen atoms in total. The number of nitro benzene ring substituents is 1. The number of rotatable bonds is 2. The zero-order valence-corrected chi connectivity index (χ0v) is 13.9. The lowest BCUT2D eigenvalue weighted by molar-refractivity contribution is -0.384. The predicted octanol–water partition coefficient (Wildman–Crippen LogP) is 3.78. The molecule has 1 unspecified atom stereocenters. The van der Waals surface area contributed by atoms with Crippen molar-refractivity contribution in [3.63, 3.8) is 0 Å². The number of nitrogens with one attached hydrogen (secondary N) is 1. The van der Waals surface area contributed by atoms with E-state index >= 15 is 0 Å². The minimum absolute atomic E-state index is 0. The molecule has 0 amide bonds. The van der Waals surface area contributed by atoms with Crippen molar-refractivity contribution in [2.75, 3.05) is 13.6 Å². The molecular weight excluding hydrogens is 337 g/mol. The zero-order valence-electron chi connectivity index (χ0n) is 12.3. The molecule has 1 aliphatic heterocycles. The van der Waals surface area contributed by atoms with Crippen LogP contribution in [0.1, 0.15) is 22.6 Å². The molecule has 1 aliphatic rings. The summed E-state index contributed by atoms with van der Waals surface area (Å²) < 4.78 is 0. The molecule has 0 aromatic heterocycles. The van der Waals surface area contributed by atoms with Crippen LogP contribution in [0.4, 0.5) is 5.69 Å². The Kier molecular flexibility index (Phi) is 5.23. The van der Waals surface area contributed by atoms with Crippen LogP contribution in [0.15, 0.2) is 47.5 Å². The third-order valence-corrected chi connectivity index (χ3v) is 4.05. The molecule has 23 heavy (non-hydrogen) atoms. The summed E-state index contributed by atoms with van der Waals surface area (Å²) in [5.41, 5.74) is 3.18. The second-order valence-corrected chi connectivity index (χ2v) is 5.51. The molecular formula is C16H15Cl2N3O2. The molecule has 2 aromatic carbocycles. The number of aliphatic imine (C=N–C) groups is 1. The second kappa shape index (κ2) is 6.98. The van der Waals surface area contributed by atoms with Gasteiger partial charge in [0.05, 0.1) is 11.5 Å². The lowest BCUT2D eigenvalue weighted by Crippen LogP contribution is -2.27. The van der Waals surface area contributed by atoms with Gasteiger partial charge in [-0.05, 0) is 29.3 Å². The van der Waals surface area contributed by atoms with Gasteiger partial charge in [-0.2, -0.15) is 0 Å². The Labute approximate surface area is 144 Å². The number of non-ortho nitro benzene ring substituents is 1. The SMILES string of the molecule is CNC1=NCC(c2ccc([N+](=O)[O-])cc2)c2cc(Cl)ccc21.Cl. The molecule has 3 rings (SSSR count). The van der Waals surface area contributed by atoms with Crippen molar-refractivity contribution in [3.8, 4) is 0 Å². The maximum Gasteiger partial charge on any atom is 0.269 e. The first-order chi connectivity index (χ1) is 10.6. The van der Waals surface area contributed by atoms with Gasteiger partial charge in [0, 0.05) is 35.7 Å². The molecule has 1 atom stereocenters. The lowest BCUT2D eigenvalue weighted by Gasteiger charge is -2.25. The average molecular weight is 352 g/mol. The number of nitrogens with zero attached hydrogens (tertiary/aromatic N) is 2. The van der Waals surface area contributed by atoms with E-state index in [4.69, 9.17) is 11.6 Å². The second-order valence-electron chi connectivity index (χ2n) is 5.07. The van der Waals surface area contributed by atoms with E-state index in [1.807, 2.05) is 25.2 Å². The largest absolute Gasteiger partial charge is 0.373 e. The average Bonchev–Trinajstić information content (AvgIpc) is 2.53. The maximum atomic E-state index is 10.8. The minimum atomic E-state index is -0.396. The van der Waals surface area contributed by atoms with Gasteiger partial charge < -0.3 is 5.32 Å². The Balaban J connectivity index is 0.00000192. The van der Waals surface area contributed by atoms with Crippen molar-refractivity contribution in [2.45, 2.75) is 5.92 Å². The molecule has 0 fully saturated rings. The summed E-state index contributed by atoms with van der Waals surface area (Å²) in [5, 5.41) is 14.5. The van der Waals surface area contributed by atoms with Crippen LogP contribution in [0.3, 0.4) is 0 Å². The van der Waals surface area contributed by atoms with Crippen molar-refractivity contribution in [1.82, 2.24) is 5.32 Å². The fourth-order valence-electron chi connectivity index (χ4n) is 2.73. The summed E-state index contributed by atoms with van der Waals surface area (Å²) in [4.78, 5) is 14.9. The Morgan fingerprint density at radius 2 is 1.96 bits per heavy atom. The topological polar surface area (TPSA) is 67.5 Å². The smallest absolute Gasteiger partial charge is 0.269 e. The van der Waals surface area contributed by atoms with Gasteiger partial charge >= 0.3 is 0 Å². The van der Waals surface area contributed by atoms with Crippen molar-refractivity contribution in [2.24, 2.45) is 4.99 Å². The number of nitro groups is 1. The summed E-state index contributed by atoms with van der Waals surface area (Å²) in [7, 11) is 1.84. The zero-order chi connectivity index (χ0) is 15.7. The van der Waals surface area contributed by atoms with Crippen molar-refractivity contribution < 1.29 is 4.92 Å². The third-order valence-electron chi connectivity index (χ3n) is 3.82. The minimum Gasteiger partial charge on any atom is -0.373 e. The van der Waals surface area contributed by atoms with E-state index in [1.54, 1.807) is 12.1 Å². The molecule has 0 saturated heterocycles. The van der Waals surface area contributed by atoms with Crippen LogP contribution in [0.5, 0.6) is 0 Å². The van der Waals surface area contributed by atoms with Gasteiger partial charge in [0.1, 0.15) is 5.84 Å². The standard InChI is InChI=1S/C16H14ClN3O2.ClH/c1-18-16-13-7-4-11(17)8-14(13)15(9-19-16)10-2-5-12(6-3-10)20(21)22;/h2-8,15H,9H2,1H3,(H,18,19);1H. The normalized spacial score (nSPS) is 15.9. The van der Waals surface area contributed by atoms with E-state index in [2.05, 4.69) is 10.3 Å². The van der Waals surface area contributed by atoms with Crippen molar-refractivity contribution in [3.05, 3.63) is 74.3 Å². The van der Waals surface area contributed by atoms with Crippen molar-refractivity contribution in [1.29, 1.82) is 0 Å². The van der Waals surface area contributed by atoms with E-state index in [0.29, 0.717) is 11.6 Å². The van der Waals surface area contributed by atoms with Crippen LogP contribution in [-0.2, 0) is 0 Å². The number of hydrogen-bond acceptors (Lipinski definition) is 4. The number of fused-ring (bicyclic) bond motifs is 1. The molecule has 0 spiro atoms. The summed E-state index contributed by atoms with van der Waals surface area (Å²) in [6, 6.07) is 12.3. The number of hydrogen-bond donors (Lipinski definition) is 1. The Hall–Kier alpha value is -2.11. The first kappa shape index (κ1) is 17.2. The fourth-order valence-corrected chi connectivity index (χ4v) is 2.91. The van der Waals surface area contributed by atoms with Crippen LogP contribution in [0.25, 0.3) is 0 Å². The fraction of sp³-hybridized carbons (Fsp3) is 0.188. The van der Waals surface area contributed by atoms with E-state index in [9.17, 15) is 10.1 Å². The molecule has 7 heteroatoms. The van der Waals surface area contributed by atoms with Crippen LogP contribution in [0, 0.1) is 10.1 Å². The highest BCUT2D eigenvalue weighted by Gasteiger charge is 2.24. The van der Waals surface area contributed by atoms with E-state index < -0.39 is 4.92 Å². The number of amidine groups is 1. The summed E-state index contributed by atoms with van der Waals surface area (Å²) >= 11 is 6.14. The molecule has 0 saturated carbocycles. The van der Waals surface area contributed by atoms with Gasteiger partial charge in [-0.3, -0.25) is 15.1 Å². The molecule has 0 bridgehead atoms. The molecule has 1 heterocycles. The molecule has 1 N–H and O–H groups in total. The van der Waals surface area contributed by atoms with Gasteiger partial charge in [0.15, 0.2) is 0 Å². The molecule has 0 aliphatic carbocycles. The van der Waals surface area contributed by atoms with Crippen molar-refractivity contribution >= 4 is 35.5 Å². The van der Waals surface area contributed by atoms with Crippen LogP contribution in [0.2, 0.25) is 5.02 Å². The summed E-state index contributed by atoms with van der Waals surface area (Å²) in [6.07, 6.45) is 0. The monoisotopic (exact) mass is 351 g/mol. The highest BCUT2D eigenvalue weighted by atomic mass is 35.5. The summed E-state index contributed by atoms with van der Waals surface area (Å²) in [6.45, 7) is 0.585. The van der Waals surface area contributed by atoms with E-state index in [1.165, 1.54) is 12.1 Å². The lowest BCUT2D eigenvalue weighted by atomic mass is 9.86. The third kappa shape index (κ3) is 3.30. The van der Waals surface area contributed by atoms with Gasteiger partial charge in [-0.15, -0.1) is 12.4 Å². The van der Waals surface area contributed by atoms with Crippen LogP contribution in [-0.4, -0.2) is 24.4 Å². The van der Waals surface area contributed by atoms with Gasteiger partial charge in [0.25, 0.3) is 5.69 Å². The highest BCUT2D eigenvalue weighted by molar-refractivity contribution is 6.30. The van der Waals surface area contributed by atoms with E-state index in [-0.39, 0.29) is 24.0 Å². The Morgan fingerprint density at radius 1 is 1.26 bits per heavy atom. The molecule has 2 aromatic rings. The molecule has 120 valence electrons. The maximum absolute atomic E-state index is 10.8. The highest BCUT2D eigenvalue weighted by Crippen LogP contribution is 2.33. The first-order valence-electron chi connectivity index (χ1n) is 6.86.